The maximum atomic E-state index is 9.86. The molecule has 1 unspecified atom stereocenters. The number of ether oxygens (including phenoxy) is 4. The lowest BCUT2D eigenvalue weighted by Gasteiger charge is -2.38. The number of nitrogens with one attached hydrogen (secondary N) is 1. The van der Waals surface area contributed by atoms with Gasteiger partial charge < -0.3 is 29.1 Å². The van der Waals surface area contributed by atoms with Crippen molar-refractivity contribution in [3.05, 3.63) is 17.2 Å². The highest BCUT2D eigenvalue weighted by atomic mass is 16.7. The summed E-state index contributed by atoms with van der Waals surface area (Å²) >= 11 is 0. The van der Waals surface area contributed by atoms with E-state index in [-0.39, 0.29) is 24.4 Å². The van der Waals surface area contributed by atoms with Crippen LogP contribution in [0.25, 0.3) is 0 Å². The third-order valence-electron chi connectivity index (χ3n) is 6.39. The standard InChI is InChI=1S/C21H30N2O5/c1-21(2)11-14(6-8-28-21)15(22-24)10-16-18-13(5-7-23(16)3)9-17-19(20(18)25-4)27-12-26-17/h9,14,16,24H,5-8,10-12H2,1-4H3/p+1/t14-,16+/m0/s1. The van der Waals surface area contributed by atoms with Crippen LogP contribution >= 0.6 is 0 Å². The van der Waals surface area contributed by atoms with Crippen LogP contribution in [0.15, 0.2) is 11.2 Å². The minimum absolute atomic E-state index is 0.144. The van der Waals surface area contributed by atoms with Crippen molar-refractivity contribution >= 4 is 5.71 Å². The molecule has 7 nitrogen and oxygen atoms in total. The first-order valence-corrected chi connectivity index (χ1v) is 10.1. The monoisotopic (exact) mass is 391 g/mol. The molecular formula is C21H31N2O5+. The summed E-state index contributed by atoms with van der Waals surface area (Å²) in [6.45, 7) is 6.14. The molecule has 2 N–H and O–H groups in total. The first-order valence-electron chi connectivity index (χ1n) is 10.1. The summed E-state index contributed by atoms with van der Waals surface area (Å²) in [5, 5.41) is 13.6. The molecule has 1 saturated heterocycles. The number of quaternary nitrogens is 1. The number of hydrogen-bond donors (Lipinski definition) is 2. The number of methoxy groups -OCH3 is 1. The molecule has 3 heterocycles. The molecule has 1 fully saturated rings. The van der Waals surface area contributed by atoms with Crippen molar-refractivity contribution in [3.63, 3.8) is 0 Å². The van der Waals surface area contributed by atoms with Crippen molar-refractivity contribution < 1.29 is 29.1 Å². The highest BCUT2D eigenvalue weighted by molar-refractivity contribution is 5.87. The van der Waals surface area contributed by atoms with E-state index < -0.39 is 0 Å². The third-order valence-corrected chi connectivity index (χ3v) is 6.39. The number of rotatable bonds is 4. The van der Waals surface area contributed by atoms with Crippen LogP contribution in [0.4, 0.5) is 0 Å². The highest BCUT2D eigenvalue weighted by Gasteiger charge is 2.39. The van der Waals surface area contributed by atoms with Gasteiger partial charge in [-0.05, 0) is 38.3 Å². The largest absolute Gasteiger partial charge is 0.492 e. The predicted molar refractivity (Wildman–Crippen MR) is 104 cm³/mol. The second-order valence-electron chi connectivity index (χ2n) is 8.71. The molecule has 7 heteroatoms. The van der Waals surface area contributed by atoms with Gasteiger partial charge in [0.25, 0.3) is 0 Å². The average molecular weight is 391 g/mol. The van der Waals surface area contributed by atoms with Gasteiger partial charge in [-0.2, -0.15) is 0 Å². The Labute approximate surface area is 166 Å². The number of oxime groups is 1. The molecule has 4 rings (SSSR count). The molecular weight excluding hydrogens is 360 g/mol. The molecule has 0 spiro atoms. The fourth-order valence-electron chi connectivity index (χ4n) is 4.91. The lowest BCUT2D eigenvalue weighted by molar-refractivity contribution is -0.913. The van der Waals surface area contributed by atoms with Crippen LogP contribution in [0.3, 0.4) is 0 Å². The highest BCUT2D eigenvalue weighted by Crippen LogP contribution is 2.48. The van der Waals surface area contributed by atoms with E-state index in [9.17, 15) is 5.21 Å². The van der Waals surface area contributed by atoms with E-state index in [1.54, 1.807) is 7.11 Å². The van der Waals surface area contributed by atoms with Crippen LogP contribution in [-0.2, 0) is 11.2 Å². The van der Waals surface area contributed by atoms with E-state index in [0.717, 1.165) is 48.6 Å². The SMILES string of the molecule is COc1c2c(cc3c1[C@@H](CC(=NO)[C@H]1CCOC(C)(C)C1)[NH+](C)CC3)OCO2. The van der Waals surface area contributed by atoms with E-state index in [1.165, 1.54) is 10.5 Å². The van der Waals surface area contributed by atoms with Crippen LogP contribution in [0.5, 0.6) is 17.2 Å². The first kappa shape index (κ1) is 19.3. The van der Waals surface area contributed by atoms with Crippen molar-refractivity contribution in [1.29, 1.82) is 0 Å². The number of fused-ring (bicyclic) bond motifs is 2. The Hall–Kier alpha value is -1.99. The fraction of sp³-hybridized carbons (Fsp3) is 0.667. The molecule has 1 aromatic rings. The smallest absolute Gasteiger partial charge is 0.231 e. The first-order chi connectivity index (χ1) is 13.4. The minimum atomic E-state index is -0.189. The summed E-state index contributed by atoms with van der Waals surface area (Å²) in [5.41, 5.74) is 3.06. The van der Waals surface area contributed by atoms with Gasteiger partial charge in [-0.1, -0.05) is 5.16 Å². The summed E-state index contributed by atoms with van der Waals surface area (Å²) in [6, 6.07) is 2.23. The number of nitrogens with zero attached hydrogens (tertiary/aromatic N) is 1. The average Bonchev–Trinajstić information content (AvgIpc) is 3.13. The fourth-order valence-corrected chi connectivity index (χ4v) is 4.91. The topological polar surface area (TPSA) is 74.0 Å². The number of hydrogen-bond acceptors (Lipinski definition) is 6. The van der Waals surface area contributed by atoms with Crippen LogP contribution < -0.4 is 19.1 Å². The zero-order valence-electron chi connectivity index (χ0n) is 17.2. The van der Waals surface area contributed by atoms with Gasteiger partial charge in [-0.25, -0.2) is 0 Å². The molecule has 0 aliphatic carbocycles. The molecule has 0 saturated carbocycles. The van der Waals surface area contributed by atoms with E-state index in [4.69, 9.17) is 18.9 Å². The van der Waals surface area contributed by atoms with Crippen molar-refractivity contribution in [2.24, 2.45) is 11.1 Å². The Kier molecular flexibility index (Phi) is 5.14. The Bertz CT molecular complexity index is 777. The lowest BCUT2D eigenvalue weighted by Crippen LogP contribution is -3.10. The summed E-state index contributed by atoms with van der Waals surface area (Å²) in [7, 11) is 3.88. The zero-order chi connectivity index (χ0) is 19.9. The Morgan fingerprint density at radius 3 is 2.93 bits per heavy atom. The molecule has 3 atom stereocenters. The Balaban J connectivity index is 1.67. The minimum Gasteiger partial charge on any atom is -0.492 e. The number of benzene rings is 1. The molecule has 0 radical (unpaired) electrons. The van der Waals surface area contributed by atoms with Gasteiger partial charge >= 0.3 is 0 Å². The second kappa shape index (κ2) is 7.44. The summed E-state index contributed by atoms with van der Waals surface area (Å²) < 4.78 is 22.9. The van der Waals surface area contributed by atoms with Gasteiger partial charge in [-0.3, -0.25) is 0 Å². The third kappa shape index (κ3) is 3.42. The zero-order valence-corrected chi connectivity index (χ0v) is 17.2. The van der Waals surface area contributed by atoms with Gasteiger partial charge in [0.05, 0.1) is 37.6 Å². The molecule has 3 aliphatic heterocycles. The van der Waals surface area contributed by atoms with E-state index in [0.29, 0.717) is 18.8 Å². The van der Waals surface area contributed by atoms with Gasteiger partial charge in [0.2, 0.25) is 12.5 Å². The van der Waals surface area contributed by atoms with Crippen molar-refractivity contribution in [2.45, 2.75) is 51.2 Å². The molecule has 0 aromatic heterocycles. The van der Waals surface area contributed by atoms with Crippen molar-refractivity contribution in [3.8, 4) is 17.2 Å². The molecule has 1 aromatic carbocycles. The van der Waals surface area contributed by atoms with Gasteiger partial charge in [0, 0.05) is 25.4 Å². The molecule has 0 bridgehead atoms. The second-order valence-corrected chi connectivity index (χ2v) is 8.71. The van der Waals surface area contributed by atoms with Crippen LogP contribution in [0.2, 0.25) is 0 Å². The Morgan fingerprint density at radius 1 is 1.39 bits per heavy atom. The Morgan fingerprint density at radius 2 is 2.21 bits per heavy atom. The van der Waals surface area contributed by atoms with Gasteiger partial charge in [-0.15, -0.1) is 0 Å². The normalized spacial score (nSPS) is 28.7. The van der Waals surface area contributed by atoms with Crippen LogP contribution in [-0.4, -0.2) is 50.6 Å². The number of likely N-dealkylation sites (N-methyl/N-ethyl adjacent to an activating group) is 1. The van der Waals surface area contributed by atoms with Gasteiger partial charge in [0.15, 0.2) is 11.5 Å². The van der Waals surface area contributed by atoms with Crippen LogP contribution in [0, 0.1) is 5.92 Å². The molecule has 154 valence electrons. The van der Waals surface area contributed by atoms with Crippen molar-refractivity contribution in [1.82, 2.24) is 0 Å². The van der Waals surface area contributed by atoms with Gasteiger partial charge in [0.1, 0.15) is 6.04 Å². The van der Waals surface area contributed by atoms with E-state index in [2.05, 4.69) is 32.1 Å². The maximum absolute atomic E-state index is 9.86. The maximum Gasteiger partial charge on any atom is 0.231 e. The summed E-state index contributed by atoms with van der Waals surface area (Å²) in [6.07, 6.45) is 3.40. The predicted octanol–water partition coefficient (Wildman–Crippen LogP) is 1.96. The van der Waals surface area contributed by atoms with E-state index in [1.807, 2.05) is 0 Å². The summed E-state index contributed by atoms with van der Waals surface area (Å²) in [4.78, 5) is 1.39. The quantitative estimate of drug-likeness (QED) is 0.466. The lowest BCUT2D eigenvalue weighted by atomic mass is 9.80. The van der Waals surface area contributed by atoms with Crippen LogP contribution in [0.1, 0.15) is 50.3 Å². The molecule has 28 heavy (non-hydrogen) atoms. The summed E-state index contributed by atoms with van der Waals surface area (Å²) in [5.74, 6) is 2.44. The van der Waals surface area contributed by atoms with Crippen molar-refractivity contribution in [2.75, 3.05) is 34.1 Å². The van der Waals surface area contributed by atoms with E-state index >= 15 is 0 Å². The molecule has 3 aliphatic rings. The molecule has 0 amide bonds.